The molecule has 0 saturated carbocycles. The van der Waals surface area contributed by atoms with Crippen LogP contribution in [-0.4, -0.2) is 19.3 Å². The fourth-order valence-corrected chi connectivity index (χ4v) is 1.64. The molecule has 20 heavy (non-hydrogen) atoms. The molecule has 0 radical (unpaired) electrons. The summed E-state index contributed by atoms with van der Waals surface area (Å²) in [5.41, 5.74) is 0.975. The largest absolute Gasteiger partial charge is 0.490 e. The van der Waals surface area contributed by atoms with Crippen molar-refractivity contribution in [3.05, 3.63) is 23.8 Å². The van der Waals surface area contributed by atoms with E-state index in [1.807, 2.05) is 0 Å². The molecule has 0 bridgehead atoms. The Morgan fingerprint density at radius 3 is 2.40 bits per heavy atom. The van der Waals surface area contributed by atoms with E-state index in [9.17, 15) is 8.78 Å². The average molecular weight is 287 g/mol. The van der Waals surface area contributed by atoms with Crippen LogP contribution in [0.15, 0.2) is 18.2 Å². The van der Waals surface area contributed by atoms with Gasteiger partial charge >= 0.3 is 6.61 Å². The van der Waals surface area contributed by atoms with Crippen molar-refractivity contribution < 1.29 is 18.3 Å². The van der Waals surface area contributed by atoms with Gasteiger partial charge in [-0.3, -0.25) is 0 Å². The smallest absolute Gasteiger partial charge is 0.387 e. The van der Waals surface area contributed by atoms with E-state index in [0.29, 0.717) is 30.9 Å². The molecular formula is C15H23F2NO2. The lowest BCUT2D eigenvalue weighted by atomic mass is 10.1. The van der Waals surface area contributed by atoms with Crippen molar-refractivity contribution in [3.8, 4) is 11.5 Å². The zero-order valence-electron chi connectivity index (χ0n) is 12.5. The van der Waals surface area contributed by atoms with Crippen LogP contribution in [0.3, 0.4) is 0 Å². The van der Waals surface area contributed by atoms with Gasteiger partial charge in [0.2, 0.25) is 0 Å². The Kier molecular flexibility index (Phi) is 6.71. The van der Waals surface area contributed by atoms with E-state index in [2.05, 4.69) is 30.8 Å². The minimum atomic E-state index is -2.85. The van der Waals surface area contributed by atoms with Crippen LogP contribution >= 0.6 is 0 Å². The quantitative estimate of drug-likeness (QED) is 0.788. The van der Waals surface area contributed by atoms with E-state index < -0.39 is 6.61 Å². The SMILES string of the molecule is CCOc1cc(CNC(C)C(C)C)ccc1OC(F)F. The lowest BCUT2D eigenvalue weighted by molar-refractivity contribution is -0.0514. The first-order valence-electron chi connectivity index (χ1n) is 6.88. The van der Waals surface area contributed by atoms with Gasteiger partial charge in [-0.05, 0) is 37.5 Å². The van der Waals surface area contributed by atoms with Crippen LogP contribution in [0, 0.1) is 5.92 Å². The van der Waals surface area contributed by atoms with E-state index in [1.165, 1.54) is 6.07 Å². The van der Waals surface area contributed by atoms with Crippen LogP contribution < -0.4 is 14.8 Å². The van der Waals surface area contributed by atoms with Gasteiger partial charge in [0.1, 0.15) is 0 Å². The maximum absolute atomic E-state index is 12.3. The normalized spacial score (nSPS) is 12.8. The maximum Gasteiger partial charge on any atom is 0.387 e. The van der Waals surface area contributed by atoms with Crippen molar-refractivity contribution in [3.63, 3.8) is 0 Å². The van der Waals surface area contributed by atoms with Gasteiger partial charge < -0.3 is 14.8 Å². The van der Waals surface area contributed by atoms with Gasteiger partial charge in [-0.1, -0.05) is 19.9 Å². The predicted octanol–water partition coefficient (Wildman–Crippen LogP) is 3.82. The van der Waals surface area contributed by atoms with Gasteiger partial charge in [0, 0.05) is 12.6 Å². The van der Waals surface area contributed by atoms with Gasteiger partial charge in [-0.25, -0.2) is 0 Å². The first-order chi connectivity index (χ1) is 9.43. The molecule has 1 aromatic carbocycles. The van der Waals surface area contributed by atoms with E-state index in [1.54, 1.807) is 19.1 Å². The van der Waals surface area contributed by atoms with E-state index in [4.69, 9.17) is 4.74 Å². The van der Waals surface area contributed by atoms with Crippen LogP contribution in [0.4, 0.5) is 8.78 Å². The zero-order valence-corrected chi connectivity index (χ0v) is 12.5. The van der Waals surface area contributed by atoms with Crippen molar-refractivity contribution in [1.29, 1.82) is 0 Å². The summed E-state index contributed by atoms with van der Waals surface area (Å²) in [6, 6.07) is 5.40. The number of rotatable bonds is 8. The Balaban J connectivity index is 2.76. The van der Waals surface area contributed by atoms with Gasteiger partial charge in [0.05, 0.1) is 6.61 Å². The monoisotopic (exact) mass is 287 g/mol. The van der Waals surface area contributed by atoms with Gasteiger partial charge in [-0.15, -0.1) is 0 Å². The Labute approximate surface area is 119 Å². The lowest BCUT2D eigenvalue weighted by Gasteiger charge is -2.18. The third-order valence-electron chi connectivity index (χ3n) is 3.15. The van der Waals surface area contributed by atoms with Crippen molar-refractivity contribution >= 4 is 0 Å². The molecule has 5 heteroatoms. The highest BCUT2D eigenvalue weighted by molar-refractivity contribution is 5.43. The molecule has 1 atom stereocenters. The number of hydrogen-bond acceptors (Lipinski definition) is 3. The molecule has 0 amide bonds. The molecule has 0 fully saturated rings. The van der Waals surface area contributed by atoms with Gasteiger partial charge in [0.25, 0.3) is 0 Å². The molecule has 1 aromatic rings. The molecule has 1 unspecified atom stereocenters. The molecule has 0 aliphatic rings. The summed E-state index contributed by atoms with van der Waals surface area (Å²) in [4.78, 5) is 0. The Morgan fingerprint density at radius 1 is 1.15 bits per heavy atom. The topological polar surface area (TPSA) is 30.5 Å². The summed E-state index contributed by atoms with van der Waals surface area (Å²) in [5, 5.41) is 3.38. The fraction of sp³-hybridized carbons (Fsp3) is 0.600. The number of benzene rings is 1. The van der Waals surface area contributed by atoms with Crippen molar-refractivity contribution in [2.45, 2.75) is 46.9 Å². The lowest BCUT2D eigenvalue weighted by Crippen LogP contribution is -2.30. The second kappa shape index (κ2) is 8.04. The van der Waals surface area contributed by atoms with Gasteiger partial charge in [-0.2, -0.15) is 8.78 Å². The molecule has 1 N–H and O–H groups in total. The van der Waals surface area contributed by atoms with E-state index in [-0.39, 0.29) is 5.75 Å². The number of hydrogen-bond donors (Lipinski definition) is 1. The summed E-state index contributed by atoms with van der Waals surface area (Å²) in [7, 11) is 0. The van der Waals surface area contributed by atoms with Crippen LogP contribution in [-0.2, 0) is 6.54 Å². The Bertz CT molecular complexity index is 411. The van der Waals surface area contributed by atoms with Gasteiger partial charge in [0.15, 0.2) is 11.5 Å². The highest BCUT2D eigenvalue weighted by Gasteiger charge is 2.12. The minimum Gasteiger partial charge on any atom is -0.490 e. The number of nitrogens with one attached hydrogen (secondary N) is 1. The maximum atomic E-state index is 12.3. The van der Waals surface area contributed by atoms with Crippen molar-refractivity contribution in [1.82, 2.24) is 5.32 Å². The Morgan fingerprint density at radius 2 is 1.85 bits per heavy atom. The standard InChI is InChI=1S/C15H23F2NO2/c1-5-19-14-8-12(9-18-11(4)10(2)3)6-7-13(14)20-15(16)17/h6-8,10-11,15,18H,5,9H2,1-4H3. The van der Waals surface area contributed by atoms with E-state index >= 15 is 0 Å². The molecule has 3 nitrogen and oxygen atoms in total. The Hall–Kier alpha value is -1.36. The molecule has 0 saturated heterocycles. The summed E-state index contributed by atoms with van der Waals surface area (Å²) in [6.07, 6.45) is 0. The number of ether oxygens (including phenoxy) is 2. The number of alkyl halides is 2. The van der Waals surface area contributed by atoms with E-state index in [0.717, 1.165) is 5.56 Å². The third kappa shape index (κ3) is 5.33. The first kappa shape index (κ1) is 16.7. The molecule has 1 rings (SSSR count). The minimum absolute atomic E-state index is 0.0718. The molecule has 0 heterocycles. The molecule has 0 aliphatic carbocycles. The van der Waals surface area contributed by atoms with Crippen LogP contribution in [0.5, 0.6) is 11.5 Å². The first-order valence-corrected chi connectivity index (χ1v) is 6.88. The number of halogens is 2. The summed E-state index contributed by atoms with van der Waals surface area (Å²) >= 11 is 0. The fourth-order valence-electron chi connectivity index (χ4n) is 1.64. The summed E-state index contributed by atoms with van der Waals surface area (Å²) in [6.45, 7) is 6.42. The zero-order chi connectivity index (χ0) is 15.1. The summed E-state index contributed by atoms with van der Waals surface area (Å²) < 4.78 is 34.4. The van der Waals surface area contributed by atoms with Crippen LogP contribution in [0.1, 0.15) is 33.3 Å². The average Bonchev–Trinajstić information content (AvgIpc) is 2.38. The second-order valence-electron chi connectivity index (χ2n) is 5.01. The molecule has 0 aromatic heterocycles. The molecule has 114 valence electrons. The van der Waals surface area contributed by atoms with Crippen molar-refractivity contribution in [2.24, 2.45) is 5.92 Å². The predicted molar refractivity (Wildman–Crippen MR) is 75.4 cm³/mol. The highest BCUT2D eigenvalue weighted by atomic mass is 19.3. The van der Waals surface area contributed by atoms with Crippen LogP contribution in [0.2, 0.25) is 0 Å². The molecule has 0 spiro atoms. The van der Waals surface area contributed by atoms with Crippen LogP contribution in [0.25, 0.3) is 0 Å². The summed E-state index contributed by atoms with van der Waals surface area (Å²) in [5.74, 6) is 0.953. The third-order valence-corrected chi connectivity index (χ3v) is 3.15. The molecular weight excluding hydrogens is 264 g/mol. The molecule has 0 aliphatic heterocycles. The highest BCUT2D eigenvalue weighted by Crippen LogP contribution is 2.29. The van der Waals surface area contributed by atoms with Crippen molar-refractivity contribution in [2.75, 3.05) is 6.61 Å². The second-order valence-corrected chi connectivity index (χ2v) is 5.01.